The zero-order valence-corrected chi connectivity index (χ0v) is 9.44. The van der Waals surface area contributed by atoms with Gasteiger partial charge in [0.2, 0.25) is 5.89 Å². The van der Waals surface area contributed by atoms with E-state index in [9.17, 15) is 8.42 Å². The van der Waals surface area contributed by atoms with Crippen molar-refractivity contribution in [3.05, 3.63) is 42.0 Å². The quantitative estimate of drug-likeness (QED) is 0.807. The lowest BCUT2D eigenvalue weighted by Crippen LogP contribution is -2.04. The summed E-state index contributed by atoms with van der Waals surface area (Å²) in [4.78, 5) is 4.12. The van der Waals surface area contributed by atoms with Crippen molar-refractivity contribution in [2.75, 3.05) is 0 Å². The molecule has 0 atom stereocenters. The van der Waals surface area contributed by atoms with E-state index in [4.69, 9.17) is 4.52 Å². The van der Waals surface area contributed by atoms with Crippen LogP contribution in [0.5, 0.6) is 0 Å². The summed E-state index contributed by atoms with van der Waals surface area (Å²) in [6.45, 7) is 1.64. The molecule has 0 radical (unpaired) electrons. The van der Waals surface area contributed by atoms with E-state index in [2.05, 4.69) is 10.1 Å². The lowest BCUT2D eigenvalue weighted by atomic mass is 10.4. The number of nitrogens with zero attached hydrogens (tertiary/aromatic N) is 2. The summed E-state index contributed by atoms with van der Waals surface area (Å²) < 4.78 is 28.5. The predicted octanol–water partition coefficient (Wildman–Crippen LogP) is 1.35. The van der Waals surface area contributed by atoms with Crippen LogP contribution in [0.25, 0.3) is 0 Å². The molecule has 0 saturated heterocycles. The van der Waals surface area contributed by atoms with Gasteiger partial charge >= 0.3 is 0 Å². The van der Waals surface area contributed by atoms with E-state index in [0.717, 1.165) is 0 Å². The molecular formula is C10H10N2O3S. The summed E-state index contributed by atoms with van der Waals surface area (Å²) in [5.41, 5.74) is 0. The van der Waals surface area contributed by atoms with Gasteiger partial charge in [-0.1, -0.05) is 23.4 Å². The van der Waals surface area contributed by atoms with Gasteiger partial charge in [-0.3, -0.25) is 0 Å². The fourth-order valence-electron chi connectivity index (χ4n) is 1.27. The second kappa shape index (κ2) is 4.05. The first-order valence-corrected chi connectivity index (χ1v) is 6.30. The van der Waals surface area contributed by atoms with Gasteiger partial charge in [0.25, 0.3) is 0 Å². The van der Waals surface area contributed by atoms with E-state index in [0.29, 0.717) is 5.82 Å². The Morgan fingerprint density at radius 2 is 1.94 bits per heavy atom. The molecule has 0 aliphatic rings. The summed E-state index contributed by atoms with van der Waals surface area (Å²) in [5, 5.41) is 3.54. The van der Waals surface area contributed by atoms with Crippen LogP contribution < -0.4 is 0 Å². The van der Waals surface area contributed by atoms with Crippen molar-refractivity contribution in [1.29, 1.82) is 0 Å². The molecular weight excluding hydrogens is 228 g/mol. The monoisotopic (exact) mass is 238 g/mol. The van der Waals surface area contributed by atoms with Crippen LogP contribution in [0.2, 0.25) is 0 Å². The number of aromatic nitrogens is 2. The maximum absolute atomic E-state index is 11.9. The predicted molar refractivity (Wildman–Crippen MR) is 56.4 cm³/mol. The normalized spacial score (nSPS) is 11.6. The molecule has 84 valence electrons. The van der Waals surface area contributed by atoms with Crippen LogP contribution >= 0.6 is 0 Å². The molecule has 2 rings (SSSR count). The highest BCUT2D eigenvalue weighted by atomic mass is 32.2. The number of sulfone groups is 1. The minimum atomic E-state index is -3.40. The van der Waals surface area contributed by atoms with E-state index in [-0.39, 0.29) is 16.5 Å². The fourth-order valence-corrected chi connectivity index (χ4v) is 2.45. The maximum Gasteiger partial charge on any atom is 0.242 e. The topological polar surface area (TPSA) is 73.1 Å². The van der Waals surface area contributed by atoms with Crippen LogP contribution in [0.3, 0.4) is 0 Å². The summed E-state index contributed by atoms with van der Waals surface area (Å²) in [6.07, 6.45) is 0. The van der Waals surface area contributed by atoms with Crippen LogP contribution in [0.1, 0.15) is 11.7 Å². The summed E-state index contributed by atoms with van der Waals surface area (Å²) in [7, 11) is -3.40. The van der Waals surface area contributed by atoms with Crippen LogP contribution in [0.4, 0.5) is 0 Å². The molecule has 1 heterocycles. The molecule has 1 aromatic carbocycles. The Labute approximate surface area is 93.0 Å². The van der Waals surface area contributed by atoms with Crippen molar-refractivity contribution in [3.8, 4) is 0 Å². The Morgan fingerprint density at radius 1 is 1.25 bits per heavy atom. The largest absolute Gasteiger partial charge is 0.338 e. The third-order valence-corrected chi connectivity index (χ3v) is 3.60. The summed E-state index contributed by atoms with van der Waals surface area (Å²) in [5.74, 6) is 0.275. The highest BCUT2D eigenvalue weighted by Gasteiger charge is 2.18. The number of aryl methyl sites for hydroxylation is 1. The second-order valence-electron chi connectivity index (χ2n) is 3.31. The van der Waals surface area contributed by atoms with Crippen molar-refractivity contribution >= 4 is 9.84 Å². The third kappa shape index (κ3) is 2.27. The molecule has 0 aliphatic heterocycles. The van der Waals surface area contributed by atoms with Crippen molar-refractivity contribution < 1.29 is 12.9 Å². The highest BCUT2D eigenvalue weighted by Crippen LogP contribution is 2.14. The molecule has 6 heteroatoms. The van der Waals surface area contributed by atoms with E-state index in [1.54, 1.807) is 37.3 Å². The molecule has 0 fully saturated rings. The Morgan fingerprint density at radius 3 is 2.50 bits per heavy atom. The highest BCUT2D eigenvalue weighted by molar-refractivity contribution is 7.90. The zero-order valence-electron chi connectivity index (χ0n) is 8.62. The molecule has 0 saturated carbocycles. The van der Waals surface area contributed by atoms with Gasteiger partial charge in [0.1, 0.15) is 5.75 Å². The third-order valence-electron chi connectivity index (χ3n) is 1.99. The SMILES string of the molecule is Cc1noc(CS(=O)(=O)c2ccccc2)n1. The fraction of sp³-hybridized carbons (Fsp3) is 0.200. The van der Waals surface area contributed by atoms with Gasteiger partial charge in [-0.05, 0) is 19.1 Å². The first kappa shape index (κ1) is 10.8. The molecule has 0 unspecified atom stereocenters. The van der Waals surface area contributed by atoms with Gasteiger partial charge < -0.3 is 4.52 Å². The number of hydrogen-bond acceptors (Lipinski definition) is 5. The molecule has 0 spiro atoms. The Hall–Kier alpha value is -1.69. The van der Waals surface area contributed by atoms with Gasteiger partial charge in [-0.2, -0.15) is 4.98 Å². The van der Waals surface area contributed by atoms with E-state index in [1.807, 2.05) is 0 Å². The molecule has 0 aliphatic carbocycles. The first-order chi connectivity index (χ1) is 7.58. The molecule has 0 bridgehead atoms. The number of hydrogen-bond donors (Lipinski definition) is 0. The molecule has 1 aromatic heterocycles. The van der Waals surface area contributed by atoms with Gasteiger partial charge in [0, 0.05) is 0 Å². The van der Waals surface area contributed by atoms with Gasteiger partial charge in [0.05, 0.1) is 4.90 Å². The number of rotatable bonds is 3. The molecule has 0 amide bonds. The lowest BCUT2D eigenvalue weighted by Gasteiger charge is -1.99. The van der Waals surface area contributed by atoms with Gasteiger partial charge in [-0.25, -0.2) is 8.42 Å². The lowest BCUT2D eigenvalue weighted by molar-refractivity contribution is 0.384. The van der Waals surface area contributed by atoms with E-state index < -0.39 is 9.84 Å². The van der Waals surface area contributed by atoms with Crippen LogP contribution in [0.15, 0.2) is 39.8 Å². The number of benzene rings is 1. The van der Waals surface area contributed by atoms with Crippen molar-refractivity contribution in [2.45, 2.75) is 17.6 Å². The Balaban J connectivity index is 2.28. The molecule has 16 heavy (non-hydrogen) atoms. The Bertz CT molecular complexity index is 575. The minimum Gasteiger partial charge on any atom is -0.338 e. The molecule has 2 aromatic rings. The maximum atomic E-state index is 11.9. The van der Waals surface area contributed by atoms with Gasteiger partial charge in [0.15, 0.2) is 15.7 Å². The van der Waals surface area contributed by atoms with Gasteiger partial charge in [-0.15, -0.1) is 0 Å². The van der Waals surface area contributed by atoms with Crippen LogP contribution in [0, 0.1) is 6.92 Å². The average Bonchev–Trinajstić information content (AvgIpc) is 2.64. The average molecular weight is 238 g/mol. The van der Waals surface area contributed by atoms with E-state index in [1.165, 1.54) is 0 Å². The van der Waals surface area contributed by atoms with Crippen LogP contribution in [-0.4, -0.2) is 18.6 Å². The minimum absolute atomic E-state index is 0.112. The van der Waals surface area contributed by atoms with E-state index >= 15 is 0 Å². The first-order valence-electron chi connectivity index (χ1n) is 4.65. The van der Waals surface area contributed by atoms with Crippen molar-refractivity contribution in [1.82, 2.24) is 10.1 Å². The van der Waals surface area contributed by atoms with Crippen molar-refractivity contribution in [3.63, 3.8) is 0 Å². The smallest absolute Gasteiger partial charge is 0.242 e. The zero-order chi connectivity index (χ0) is 11.6. The summed E-state index contributed by atoms with van der Waals surface area (Å²) >= 11 is 0. The standard InChI is InChI=1S/C10H10N2O3S/c1-8-11-10(15-12-8)7-16(13,14)9-5-3-2-4-6-9/h2-6H,7H2,1H3. The Kier molecular flexibility index (Phi) is 2.74. The second-order valence-corrected chi connectivity index (χ2v) is 5.30. The van der Waals surface area contributed by atoms with Crippen LogP contribution in [-0.2, 0) is 15.6 Å². The summed E-state index contributed by atoms with van der Waals surface area (Å²) in [6, 6.07) is 8.19. The van der Waals surface area contributed by atoms with Crippen molar-refractivity contribution in [2.24, 2.45) is 0 Å². The molecule has 0 N–H and O–H groups in total. The molecule has 5 nitrogen and oxygen atoms in total.